The number of unbranched alkanes of at least 4 members (excludes halogenated alkanes) is 3. The van der Waals surface area contributed by atoms with Crippen LogP contribution < -0.4 is 10.6 Å². The van der Waals surface area contributed by atoms with Crippen LogP contribution in [0.1, 0.15) is 54.9 Å². The number of halogens is 1. The number of anilines is 1. The van der Waals surface area contributed by atoms with Gasteiger partial charge in [0, 0.05) is 23.2 Å². The van der Waals surface area contributed by atoms with Crippen LogP contribution in [-0.2, 0) is 4.79 Å². The lowest BCUT2D eigenvalue weighted by molar-refractivity contribution is -0.119. The number of hydrogen-bond acceptors (Lipinski definition) is 3. The number of ketones is 1. The van der Waals surface area contributed by atoms with Crippen LogP contribution in [0, 0.1) is 0 Å². The monoisotopic (exact) mass is 402 g/mol. The average Bonchev–Trinajstić information content (AvgIpc) is 2.67. The molecule has 2 aromatic carbocycles. The number of thiocarbonyl (C=S) groups is 1. The second-order valence-corrected chi connectivity index (χ2v) is 7.02. The Hall–Kier alpha value is -2.24. The number of benzene rings is 2. The molecule has 0 saturated heterocycles. The van der Waals surface area contributed by atoms with Gasteiger partial charge in [-0.15, -0.1) is 0 Å². The Bertz CT molecular complexity index is 809. The van der Waals surface area contributed by atoms with Crippen molar-refractivity contribution in [1.82, 2.24) is 5.32 Å². The minimum Gasteiger partial charge on any atom is -0.332 e. The molecule has 6 heteroatoms. The highest BCUT2D eigenvalue weighted by Gasteiger charge is 2.14. The van der Waals surface area contributed by atoms with Crippen LogP contribution in [0.2, 0.25) is 5.02 Å². The van der Waals surface area contributed by atoms with Gasteiger partial charge in [0.2, 0.25) is 5.91 Å². The molecule has 142 valence electrons. The number of carbonyl (C=O) groups excluding carboxylic acids is 2. The third kappa shape index (κ3) is 6.77. The van der Waals surface area contributed by atoms with E-state index in [4.69, 9.17) is 23.8 Å². The van der Waals surface area contributed by atoms with Gasteiger partial charge in [0.25, 0.3) is 0 Å². The molecule has 0 bridgehead atoms. The van der Waals surface area contributed by atoms with Crippen LogP contribution >= 0.6 is 23.8 Å². The predicted molar refractivity (Wildman–Crippen MR) is 114 cm³/mol. The number of hydrogen-bond donors (Lipinski definition) is 2. The van der Waals surface area contributed by atoms with Gasteiger partial charge in [-0.1, -0.05) is 68.1 Å². The van der Waals surface area contributed by atoms with Gasteiger partial charge >= 0.3 is 0 Å². The van der Waals surface area contributed by atoms with E-state index in [1.54, 1.807) is 42.5 Å². The lowest BCUT2D eigenvalue weighted by Crippen LogP contribution is -2.33. The zero-order chi connectivity index (χ0) is 19.6. The zero-order valence-electron chi connectivity index (χ0n) is 15.3. The van der Waals surface area contributed by atoms with Crippen molar-refractivity contribution in [2.75, 3.05) is 5.32 Å². The average molecular weight is 403 g/mol. The maximum atomic E-state index is 12.6. The maximum Gasteiger partial charge on any atom is 0.226 e. The molecular weight excluding hydrogens is 380 g/mol. The first-order valence-corrected chi connectivity index (χ1v) is 9.80. The molecule has 1 amide bonds. The van der Waals surface area contributed by atoms with E-state index < -0.39 is 0 Å². The summed E-state index contributed by atoms with van der Waals surface area (Å²) in [5, 5.41) is 6.17. The number of rotatable bonds is 8. The minimum atomic E-state index is -0.171. The quantitative estimate of drug-likeness (QED) is 0.355. The van der Waals surface area contributed by atoms with E-state index in [0.717, 1.165) is 25.7 Å². The lowest BCUT2D eigenvalue weighted by atomic mass is 10.0. The van der Waals surface area contributed by atoms with Gasteiger partial charge < -0.3 is 10.6 Å². The Kier molecular flexibility index (Phi) is 8.43. The van der Waals surface area contributed by atoms with Crippen molar-refractivity contribution in [3.63, 3.8) is 0 Å². The van der Waals surface area contributed by atoms with Crippen molar-refractivity contribution >= 4 is 46.3 Å². The highest BCUT2D eigenvalue weighted by atomic mass is 35.5. The van der Waals surface area contributed by atoms with E-state index in [9.17, 15) is 9.59 Å². The third-order valence-electron chi connectivity index (χ3n) is 4.02. The second-order valence-electron chi connectivity index (χ2n) is 6.20. The molecular formula is C21H23ClN2O2S. The third-order valence-corrected chi connectivity index (χ3v) is 4.55. The molecule has 0 radical (unpaired) electrons. The highest BCUT2D eigenvalue weighted by molar-refractivity contribution is 7.80. The lowest BCUT2D eigenvalue weighted by Gasteiger charge is -2.11. The van der Waals surface area contributed by atoms with Gasteiger partial charge in [0.1, 0.15) is 0 Å². The normalized spacial score (nSPS) is 10.3. The van der Waals surface area contributed by atoms with Gasteiger partial charge in [0.05, 0.1) is 5.02 Å². The smallest absolute Gasteiger partial charge is 0.226 e. The summed E-state index contributed by atoms with van der Waals surface area (Å²) in [5.74, 6) is -0.284. The maximum absolute atomic E-state index is 12.6. The van der Waals surface area contributed by atoms with Crippen LogP contribution in [0.3, 0.4) is 0 Å². The van der Waals surface area contributed by atoms with Crippen LogP contribution in [0.15, 0.2) is 48.5 Å². The molecule has 27 heavy (non-hydrogen) atoms. The molecule has 0 aromatic heterocycles. The first-order valence-electron chi connectivity index (χ1n) is 9.01. The first-order chi connectivity index (χ1) is 13.0. The summed E-state index contributed by atoms with van der Waals surface area (Å²) in [4.78, 5) is 24.5. The van der Waals surface area contributed by atoms with Crippen molar-refractivity contribution in [2.24, 2.45) is 0 Å². The summed E-state index contributed by atoms with van der Waals surface area (Å²) < 4.78 is 0. The Morgan fingerprint density at radius 1 is 1.04 bits per heavy atom. The Balaban J connectivity index is 1.98. The van der Waals surface area contributed by atoms with E-state index in [-0.39, 0.29) is 16.8 Å². The fourth-order valence-corrected chi connectivity index (χ4v) is 3.02. The summed E-state index contributed by atoms with van der Waals surface area (Å²) in [6.45, 7) is 2.13. The van der Waals surface area contributed by atoms with Crippen molar-refractivity contribution in [2.45, 2.75) is 39.0 Å². The van der Waals surface area contributed by atoms with Gasteiger partial charge in [-0.3, -0.25) is 9.59 Å². The fraction of sp³-hybridized carbons (Fsp3) is 0.286. The number of amides is 1. The topological polar surface area (TPSA) is 58.2 Å². The van der Waals surface area contributed by atoms with E-state index in [1.807, 2.05) is 6.07 Å². The molecule has 0 atom stereocenters. The molecule has 0 aliphatic carbocycles. The molecule has 2 N–H and O–H groups in total. The molecule has 4 nitrogen and oxygen atoms in total. The largest absolute Gasteiger partial charge is 0.332 e. The van der Waals surface area contributed by atoms with Gasteiger partial charge in [0.15, 0.2) is 10.9 Å². The molecule has 0 heterocycles. The molecule has 0 spiro atoms. The molecule has 2 rings (SSSR count). The Morgan fingerprint density at radius 2 is 1.78 bits per heavy atom. The summed E-state index contributed by atoms with van der Waals surface area (Å²) >= 11 is 11.4. The molecule has 0 saturated carbocycles. The van der Waals surface area contributed by atoms with Crippen molar-refractivity contribution in [1.29, 1.82) is 0 Å². The summed E-state index contributed by atoms with van der Waals surface area (Å²) in [6, 6.07) is 13.9. The van der Waals surface area contributed by atoms with Crippen LogP contribution in [0.25, 0.3) is 0 Å². The first kappa shape index (κ1) is 21.1. The van der Waals surface area contributed by atoms with Crippen LogP contribution in [-0.4, -0.2) is 16.8 Å². The van der Waals surface area contributed by atoms with E-state index >= 15 is 0 Å². The standard InChI is InChI=1S/C21H23ClN2O2S/c1-2-3-4-8-11-19(25)24-21(27)23-16-12-13-18(22)17(14-16)20(26)15-9-6-5-7-10-15/h5-7,9-10,12-14H,2-4,8,11H2,1H3,(H2,23,24,25,27). The van der Waals surface area contributed by atoms with Crippen LogP contribution in [0.5, 0.6) is 0 Å². The van der Waals surface area contributed by atoms with Gasteiger partial charge in [-0.25, -0.2) is 0 Å². The van der Waals surface area contributed by atoms with Crippen molar-refractivity contribution in [3.05, 3.63) is 64.7 Å². The zero-order valence-corrected chi connectivity index (χ0v) is 16.8. The molecule has 0 aliphatic heterocycles. The van der Waals surface area contributed by atoms with Crippen molar-refractivity contribution < 1.29 is 9.59 Å². The highest BCUT2D eigenvalue weighted by Crippen LogP contribution is 2.23. The van der Waals surface area contributed by atoms with Crippen molar-refractivity contribution in [3.8, 4) is 0 Å². The molecule has 0 unspecified atom stereocenters. The molecule has 2 aromatic rings. The van der Waals surface area contributed by atoms with Crippen LogP contribution in [0.4, 0.5) is 5.69 Å². The van der Waals surface area contributed by atoms with E-state index in [1.165, 1.54) is 0 Å². The fourth-order valence-electron chi connectivity index (χ4n) is 2.59. The molecule has 0 fully saturated rings. The Morgan fingerprint density at radius 3 is 2.48 bits per heavy atom. The Labute approximate surface area is 170 Å². The summed E-state index contributed by atoms with van der Waals surface area (Å²) in [6.07, 6.45) is 4.58. The van der Waals surface area contributed by atoms with Gasteiger partial charge in [-0.2, -0.15) is 0 Å². The number of nitrogens with one attached hydrogen (secondary N) is 2. The SMILES string of the molecule is CCCCCCC(=O)NC(=S)Nc1ccc(Cl)c(C(=O)c2ccccc2)c1. The number of carbonyl (C=O) groups is 2. The summed E-state index contributed by atoms with van der Waals surface area (Å²) in [7, 11) is 0. The predicted octanol–water partition coefficient (Wildman–Crippen LogP) is 5.35. The molecule has 0 aliphatic rings. The van der Waals surface area contributed by atoms with E-state index in [0.29, 0.717) is 28.3 Å². The second kappa shape index (κ2) is 10.8. The minimum absolute atomic E-state index is 0.113. The summed E-state index contributed by atoms with van der Waals surface area (Å²) in [5.41, 5.74) is 1.52. The van der Waals surface area contributed by atoms with Gasteiger partial charge in [-0.05, 0) is 36.8 Å². The van der Waals surface area contributed by atoms with E-state index in [2.05, 4.69) is 17.6 Å².